The van der Waals surface area contributed by atoms with Crippen LogP contribution >= 0.6 is 0 Å². The zero-order valence-electron chi connectivity index (χ0n) is 14.6. The van der Waals surface area contributed by atoms with E-state index in [0.717, 1.165) is 30.0 Å². The molecule has 2 aromatic rings. The molecular weight excluding hydrogens is 332 g/mol. The molecule has 2 unspecified atom stereocenters. The number of aliphatic carboxylic acids is 1. The minimum Gasteiger partial charge on any atom is -0.481 e. The van der Waals surface area contributed by atoms with E-state index in [9.17, 15) is 9.59 Å². The van der Waals surface area contributed by atoms with E-state index in [2.05, 4.69) is 14.9 Å². The van der Waals surface area contributed by atoms with Crippen molar-refractivity contribution in [1.82, 2.24) is 9.97 Å². The van der Waals surface area contributed by atoms with E-state index in [0.29, 0.717) is 11.4 Å². The molecule has 2 aliphatic rings. The van der Waals surface area contributed by atoms with Crippen LogP contribution in [0.25, 0.3) is 11.3 Å². The summed E-state index contributed by atoms with van der Waals surface area (Å²) in [6, 6.07) is 7.90. The number of hydrogen-bond acceptors (Lipinski definition) is 5. The van der Waals surface area contributed by atoms with Gasteiger partial charge in [-0.05, 0) is 37.8 Å². The number of anilines is 1. The Labute approximate surface area is 150 Å². The smallest absolute Gasteiger partial charge is 0.307 e. The highest BCUT2D eigenvalue weighted by Gasteiger charge is 2.59. The first-order valence-corrected chi connectivity index (χ1v) is 8.60. The molecule has 26 heavy (non-hydrogen) atoms. The minimum absolute atomic E-state index is 0.164. The number of carbonyl (C=O) groups excluding carboxylic acids is 1. The van der Waals surface area contributed by atoms with Crippen molar-refractivity contribution in [3.8, 4) is 11.3 Å². The number of nitrogens with two attached hydrogens (primary N) is 1. The highest BCUT2D eigenvalue weighted by atomic mass is 16.4. The van der Waals surface area contributed by atoms with Crippen LogP contribution < -0.4 is 10.6 Å². The van der Waals surface area contributed by atoms with Gasteiger partial charge in [-0.2, -0.15) is 0 Å². The molecule has 7 nitrogen and oxygen atoms in total. The molecule has 1 aromatic heterocycles. The molecule has 7 heteroatoms. The summed E-state index contributed by atoms with van der Waals surface area (Å²) in [5, 5.41) is 9.12. The number of primary amides is 1. The Kier molecular flexibility index (Phi) is 3.68. The van der Waals surface area contributed by atoms with E-state index >= 15 is 0 Å². The van der Waals surface area contributed by atoms with E-state index in [1.54, 1.807) is 6.92 Å². The summed E-state index contributed by atoms with van der Waals surface area (Å²) in [7, 11) is 0. The summed E-state index contributed by atoms with van der Waals surface area (Å²) < 4.78 is 0. The van der Waals surface area contributed by atoms with Gasteiger partial charge in [0.2, 0.25) is 0 Å². The Morgan fingerprint density at radius 2 is 1.69 bits per heavy atom. The summed E-state index contributed by atoms with van der Waals surface area (Å²) in [5.74, 6) is -0.875. The standard InChI is InChI=1S/C19H20N4O3/c1-9-16(22-17(18(20)24)10(2)21-9)11-3-5-12(6-4-11)23-7-13-14(8-23)15(13)19(25)26/h3-6,13-15H,7-8H2,1-2H3,(H2,20,24)(H,25,26). The first-order chi connectivity index (χ1) is 12.4. The Bertz CT molecular complexity index is 898. The van der Waals surface area contributed by atoms with Crippen molar-refractivity contribution in [3.63, 3.8) is 0 Å². The Balaban J connectivity index is 1.55. The number of benzene rings is 1. The van der Waals surface area contributed by atoms with Crippen LogP contribution in [0.15, 0.2) is 24.3 Å². The molecule has 1 aliphatic carbocycles. The maximum absolute atomic E-state index is 11.5. The second-order valence-corrected chi connectivity index (χ2v) is 7.10. The molecule has 1 amide bonds. The maximum atomic E-state index is 11.5. The van der Waals surface area contributed by atoms with Crippen LogP contribution in [0.5, 0.6) is 0 Å². The fraction of sp³-hybridized carbons (Fsp3) is 0.368. The van der Waals surface area contributed by atoms with Gasteiger partial charge in [-0.3, -0.25) is 14.6 Å². The number of amides is 1. The first-order valence-electron chi connectivity index (χ1n) is 8.60. The van der Waals surface area contributed by atoms with Gasteiger partial charge in [0.15, 0.2) is 0 Å². The van der Waals surface area contributed by atoms with Crippen LogP contribution in [0.4, 0.5) is 5.69 Å². The highest BCUT2D eigenvalue weighted by molar-refractivity contribution is 5.92. The molecule has 3 N–H and O–H groups in total. The third kappa shape index (κ3) is 2.60. The highest BCUT2D eigenvalue weighted by Crippen LogP contribution is 2.52. The molecule has 1 aromatic carbocycles. The number of piperidine rings is 1. The summed E-state index contributed by atoms with van der Waals surface area (Å²) in [5.41, 5.74) is 9.42. The van der Waals surface area contributed by atoms with E-state index in [-0.39, 0.29) is 23.4 Å². The summed E-state index contributed by atoms with van der Waals surface area (Å²) in [4.78, 5) is 33.6. The monoisotopic (exact) mass is 352 g/mol. The molecule has 0 bridgehead atoms. The lowest BCUT2D eigenvalue weighted by Gasteiger charge is -2.21. The van der Waals surface area contributed by atoms with Gasteiger partial charge in [-0.25, -0.2) is 4.98 Å². The lowest BCUT2D eigenvalue weighted by Crippen LogP contribution is -2.25. The zero-order chi connectivity index (χ0) is 18.6. The number of hydrogen-bond donors (Lipinski definition) is 2. The molecule has 4 rings (SSSR count). The van der Waals surface area contributed by atoms with Gasteiger partial charge in [0.25, 0.3) is 5.91 Å². The van der Waals surface area contributed by atoms with Crippen molar-refractivity contribution in [2.24, 2.45) is 23.5 Å². The number of carbonyl (C=O) groups is 2. The van der Waals surface area contributed by atoms with Gasteiger partial charge in [-0.15, -0.1) is 0 Å². The maximum Gasteiger partial charge on any atom is 0.307 e. The van der Waals surface area contributed by atoms with Gasteiger partial charge in [-0.1, -0.05) is 12.1 Å². The van der Waals surface area contributed by atoms with Crippen molar-refractivity contribution in [1.29, 1.82) is 0 Å². The van der Waals surface area contributed by atoms with Gasteiger partial charge >= 0.3 is 5.97 Å². The molecule has 2 atom stereocenters. The third-order valence-corrected chi connectivity index (χ3v) is 5.46. The number of aromatic nitrogens is 2. The summed E-state index contributed by atoms with van der Waals surface area (Å²) >= 11 is 0. The van der Waals surface area contributed by atoms with Gasteiger partial charge < -0.3 is 15.7 Å². The van der Waals surface area contributed by atoms with E-state index in [1.807, 2.05) is 31.2 Å². The van der Waals surface area contributed by atoms with Crippen LogP contribution in [0, 0.1) is 31.6 Å². The van der Waals surface area contributed by atoms with Crippen LogP contribution in [0.2, 0.25) is 0 Å². The van der Waals surface area contributed by atoms with Crippen LogP contribution in [0.3, 0.4) is 0 Å². The van der Waals surface area contributed by atoms with Crippen LogP contribution in [-0.2, 0) is 4.79 Å². The zero-order valence-corrected chi connectivity index (χ0v) is 14.6. The topological polar surface area (TPSA) is 109 Å². The SMILES string of the molecule is Cc1nc(C)c(-c2ccc(N3CC4C(C3)C4C(=O)O)cc2)nc1C(N)=O. The summed E-state index contributed by atoms with van der Waals surface area (Å²) in [6.45, 7) is 5.15. The third-order valence-electron chi connectivity index (χ3n) is 5.46. The minimum atomic E-state index is -0.673. The number of fused-ring (bicyclic) bond motifs is 1. The first kappa shape index (κ1) is 16.5. The lowest BCUT2D eigenvalue weighted by molar-refractivity contribution is -0.139. The fourth-order valence-electron chi connectivity index (χ4n) is 4.07. The van der Waals surface area contributed by atoms with Crippen molar-refractivity contribution in [2.45, 2.75) is 13.8 Å². The molecule has 1 saturated carbocycles. The number of carboxylic acids is 1. The Morgan fingerprint density at radius 1 is 1.08 bits per heavy atom. The van der Waals surface area contributed by atoms with Crippen LogP contribution in [0.1, 0.15) is 21.9 Å². The second kappa shape index (κ2) is 5.79. The normalized spacial score (nSPS) is 23.6. The molecule has 1 saturated heterocycles. The molecule has 0 radical (unpaired) electrons. The quantitative estimate of drug-likeness (QED) is 0.865. The van der Waals surface area contributed by atoms with Crippen molar-refractivity contribution < 1.29 is 14.7 Å². The average molecular weight is 352 g/mol. The average Bonchev–Trinajstić information content (AvgIpc) is 3.10. The molecule has 0 spiro atoms. The van der Waals surface area contributed by atoms with E-state index < -0.39 is 11.9 Å². The van der Waals surface area contributed by atoms with Crippen molar-refractivity contribution in [3.05, 3.63) is 41.3 Å². The van der Waals surface area contributed by atoms with E-state index in [4.69, 9.17) is 10.8 Å². The molecule has 2 fully saturated rings. The number of nitrogens with zero attached hydrogens (tertiary/aromatic N) is 3. The largest absolute Gasteiger partial charge is 0.481 e. The Hall–Kier alpha value is -2.96. The van der Waals surface area contributed by atoms with Gasteiger partial charge in [0, 0.05) is 24.3 Å². The van der Waals surface area contributed by atoms with E-state index in [1.165, 1.54) is 0 Å². The number of aryl methyl sites for hydroxylation is 2. The molecular formula is C19H20N4O3. The number of rotatable bonds is 4. The molecule has 134 valence electrons. The predicted molar refractivity (Wildman–Crippen MR) is 95.8 cm³/mol. The van der Waals surface area contributed by atoms with Gasteiger partial charge in [0.1, 0.15) is 5.69 Å². The van der Waals surface area contributed by atoms with Crippen molar-refractivity contribution >= 4 is 17.6 Å². The number of carboxylic acid groups (broad SMARTS) is 1. The molecule has 1 aliphatic heterocycles. The Morgan fingerprint density at radius 3 is 2.23 bits per heavy atom. The summed E-state index contributed by atoms with van der Waals surface area (Å²) in [6.07, 6.45) is 0. The second-order valence-electron chi connectivity index (χ2n) is 7.10. The van der Waals surface area contributed by atoms with Gasteiger partial charge in [0.05, 0.1) is 23.0 Å². The lowest BCUT2D eigenvalue weighted by atomic mass is 10.1. The molecule has 2 heterocycles. The van der Waals surface area contributed by atoms with Crippen LogP contribution in [-0.4, -0.2) is 40.0 Å². The predicted octanol–water partition coefficient (Wildman–Crippen LogP) is 1.63. The van der Waals surface area contributed by atoms with Crippen molar-refractivity contribution in [2.75, 3.05) is 18.0 Å². The fourth-order valence-corrected chi connectivity index (χ4v) is 4.07.